The second-order valence-electron chi connectivity index (χ2n) is 4.88. The number of halogens is 2. The Morgan fingerprint density at radius 2 is 1.90 bits per heavy atom. The Balaban J connectivity index is 2.41. The molecule has 2 aromatic rings. The fourth-order valence-corrected chi connectivity index (χ4v) is 2.86. The second kappa shape index (κ2) is 7.12. The highest BCUT2D eigenvalue weighted by molar-refractivity contribution is 6.33. The smallest absolute Gasteiger partial charge is 0.0589 e. The van der Waals surface area contributed by atoms with E-state index in [0.29, 0.717) is 5.02 Å². The van der Waals surface area contributed by atoms with Crippen molar-refractivity contribution in [3.8, 4) is 0 Å². The molecule has 0 saturated heterocycles. The maximum Gasteiger partial charge on any atom is 0.0589 e. The molecule has 106 valence electrons. The van der Waals surface area contributed by atoms with Gasteiger partial charge in [0.15, 0.2) is 0 Å². The predicted molar refractivity (Wildman–Crippen MR) is 87.8 cm³/mol. The van der Waals surface area contributed by atoms with E-state index in [-0.39, 0.29) is 6.04 Å². The number of hydrogen-bond donors (Lipinski definition) is 1. The van der Waals surface area contributed by atoms with Gasteiger partial charge in [-0.15, -0.1) is 0 Å². The van der Waals surface area contributed by atoms with E-state index in [1.165, 1.54) is 11.1 Å². The Bertz CT molecular complexity index is 581. The van der Waals surface area contributed by atoms with Crippen molar-refractivity contribution in [3.05, 3.63) is 69.2 Å². The number of hydrogen-bond acceptors (Lipinski definition) is 1. The summed E-state index contributed by atoms with van der Waals surface area (Å²) in [5.41, 5.74) is 3.57. The lowest BCUT2D eigenvalue weighted by atomic mass is 9.96. The molecule has 1 unspecified atom stereocenters. The van der Waals surface area contributed by atoms with E-state index in [4.69, 9.17) is 23.2 Å². The van der Waals surface area contributed by atoms with Gasteiger partial charge in [0.25, 0.3) is 0 Å². The minimum Gasteiger partial charge on any atom is -0.309 e. The lowest BCUT2D eigenvalue weighted by Gasteiger charge is -2.19. The van der Waals surface area contributed by atoms with Crippen LogP contribution in [0.4, 0.5) is 0 Å². The number of aryl methyl sites for hydroxylation is 1. The van der Waals surface area contributed by atoms with E-state index in [1.807, 2.05) is 25.2 Å². The maximum absolute atomic E-state index is 6.32. The van der Waals surface area contributed by atoms with Crippen molar-refractivity contribution in [2.45, 2.75) is 25.8 Å². The van der Waals surface area contributed by atoms with Crippen molar-refractivity contribution < 1.29 is 0 Å². The molecular formula is C17H19Cl2N. The molecule has 0 amide bonds. The summed E-state index contributed by atoms with van der Waals surface area (Å²) in [6.45, 7) is 2.19. The van der Waals surface area contributed by atoms with Crippen LogP contribution in [0.1, 0.15) is 36.1 Å². The maximum atomic E-state index is 6.32. The molecule has 0 aliphatic carbocycles. The Hall–Kier alpha value is -1.02. The molecule has 0 aromatic heterocycles. The highest BCUT2D eigenvalue weighted by atomic mass is 35.5. The van der Waals surface area contributed by atoms with E-state index >= 15 is 0 Å². The van der Waals surface area contributed by atoms with E-state index in [0.717, 1.165) is 23.4 Å². The van der Waals surface area contributed by atoms with Crippen LogP contribution in [0.5, 0.6) is 0 Å². The molecule has 0 heterocycles. The van der Waals surface area contributed by atoms with Gasteiger partial charge >= 0.3 is 0 Å². The molecule has 0 aliphatic rings. The van der Waals surface area contributed by atoms with Crippen LogP contribution in [0, 0.1) is 0 Å². The van der Waals surface area contributed by atoms with Crippen LogP contribution in [-0.2, 0) is 6.42 Å². The zero-order valence-electron chi connectivity index (χ0n) is 11.8. The van der Waals surface area contributed by atoms with Crippen LogP contribution in [0.3, 0.4) is 0 Å². The normalized spacial score (nSPS) is 12.4. The molecule has 0 aliphatic heterocycles. The average molecular weight is 308 g/mol. The molecular weight excluding hydrogens is 289 g/mol. The molecule has 0 fully saturated rings. The molecule has 0 bridgehead atoms. The minimum absolute atomic E-state index is 0.0537. The van der Waals surface area contributed by atoms with Crippen LogP contribution in [0.25, 0.3) is 0 Å². The highest BCUT2D eigenvalue weighted by Gasteiger charge is 2.16. The first-order valence-electron chi connectivity index (χ1n) is 6.86. The van der Waals surface area contributed by atoms with Crippen LogP contribution < -0.4 is 5.32 Å². The third-order valence-electron chi connectivity index (χ3n) is 3.38. The first-order valence-corrected chi connectivity index (χ1v) is 7.62. The molecule has 1 nitrogen and oxygen atoms in total. The van der Waals surface area contributed by atoms with E-state index < -0.39 is 0 Å². The Morgan fingerprint density at radius 1 is 1.10 bits per heavy atom. The molecule has 1 N–H and O–H groups in total. The molecule has 3 heteroatoms. The SMILES string of the molecule is CCCc1cccc(C(NC)c2cc(Cl)ccc2Cl)c1. The summed E-state index contributed by atoms with van der Waals surface area (Å²) in [5, 5.41) is 4.76. The summed E-state index contributed by atoms with van der Waals surface area (Å²) >= 11 is 12.4. The Kier molecular flexibility index (Phi) is 5.47. The number of nitrogens with one attached hydrogen (secondary N) is 1. The zero-order valence-corrected chi connectivity index (χ0v) is 13.3. The third-order valence-corrected chi connectivity index (χ3v) is 3.96. The Morgan fingerprint density at radius 3 is 2.60 bits per heavy atom. The lowest BCUT2D eigenvalue weighted by molar-refractivity contribution is 0.690. The molecule has 2 rings (SSSR count). The van der Waals surface area contributed by atoms with Crippen LogP contribution in [0.2, 0.25) is 10.0 Å². The van der Waals surface area contributed by atoms with Crippen LogP contribution in [-0.4, -0.2) is 7.05 Å². The molecule has 2 aromatic carbocycles. The first kappa shape index (κ1) is 15.4. The average Bonchev–Trinajstić information content (AvgIpc) is 2.44. The lowest BCUT2D eigenvalue weighted by Crippen LogP contribution is -2.18. The minimum atomic E-state index is 0.0537. The van der Waals surface area contributed by atoms with E-state index in [2.05, 4.69) is 36.5 Å². The fraction of sp³-hybridized carbons (Fsp3) is 0.294. The van der Waals surface area contributed by atoms with Crippen molar-refractivity contribution in [2.75, 3.05) is 7.05 Å². The van der Waals surface area contributed by atoms with Crippen molar-refractivity contribution in [1.82, 2.24) is 5.32 Å². The molecule has 1 atom stereocenters. The third kappa shape index (κ3) is 3.54. The summed E-state index contributed by atoms with van der Waals surface area (Å²) < 4.78 is 0. The Labute approximate surface area is 130 Å². The first-order chi connectivity index (χ1) is 9.65. The van der Waals surface area contributed by atoms with Gasteiger partial charge in [-0.3, -0.25) is 0 Å². The van der Waals surface area contributed by atoms with Crippen LogP contribution >= 0.6 is 23.2 Å². The zero-order chi connectivity index (χ0) is 14.5. The predicted octanol–water partition coefficient (Wildman–Crippen LogP) is 5.25. The summed E-state index contributed by atoms with van der Waals surface area (Å²) in [6.07, 6.45) is 2.24. The molecule has 0 radical (unpaired) electrons. The second-order valence-corrected chi connectivity index (χ2v) is 5.73. The van der Waals surface area contributed by atoms with Gasteiger partial charge in [-0.2, -0.15) is 0 Å². The van der Waals surface area contributed by atoms with Gasteiger partial charge in [0, 0.05) is 10.0 Å². The van der Waals surface area contributed by atoms with Gasteiger partial charge in [0.05, 0.1) is 6.04 Å². The molecule has 20 heavy (non-hydrogen) atoms. The summed E-state index contributed by atoms with van der Waals surface area (Å²) in [7, 11) is 1.94. The summed E-state index contributed by atoms with van der Waals surface area (Å²) in [6, 6.07) is 14.3. The number of benzene rings is 2. The topological polar surface area (TPSA) is 12.0 Å². The van der Waals surface area contributed by atoms with Crippen LogP contribution in [0.15, 0.2) is 42.5 Å². The summed E-state index contributed by atoms with van der Waals surface area (Å²) in [5.74, 6) is 0. The summed E-state index contributed by atoms with van der Waals surface area (Å²) in [4.78, 5) is 0. The van der Waals surface area contributed by atoms with Gasteiger partial charge < -0.3 is 5.32 Å². The van der Waals surface area contributed by atoms with E-state index in [1.54, 1.807) is 0 Å². The molecule has 0 spiro atoms. The standard InChI is InChI=1S/C17H19Cl2N/c1-3-5-12-6-4-7-13(10-12)17(20-2)15-11-14(18)8-9-16(15)19/h4,6-11,17,20H,3,5H2,1-2H3. The monoisotopic (exact) mass is 307 g/mol. The highest BCUT2D eigenvalue weighted by Crippen LogP contribution is 2.30. The van der Waals surface area contributed by atoms with Crippen molar-refractivity contribution in [1.29, 1.82) is 0 Å². The van der Waals surface area contributed by atoms with Gasteiger partial charge in [-0.25, -0.2) is 0 Å². The van der Waals surface area contributed by atoms with E-state index in [9.17, 15) is 0 Å². The van der Waals surface area contributed by atoms with Crippen molar-refractivity contribution in [2.24, 2.45) is 0 Å². The largest absolute Gasteiger partial charge is 0.309 e. The fourth-order valence-electron chi connectivity index (χ4n) is 2.45. The van der Waals surface area contributed by atoms with Gasteiger partial charge in [-0.1, -0.05) is 60.8 Å². The van der Waals surface area contributed by atoms with Gasteiger partial charge in [0.2, 0.25) is 0 Å². The quantitative estimate of drug-likeness (QED) is 0.795. The van der Waals surface area contributed by atoms with Crippen molar-refractivity contribution >= 4 is 23.2 Å². The van der Waals surface area contributed by atoms with Gasteiger partial charge in [-0.05, 0) is 48.4 Å². The number of rotatable bonds is 5. The molecule has 0 saturated carbocycles. The van der Waals surface area contributed by atoms with Gasteiger partial charge in [0.1, 0.15) is 0 Å². The van der Waals surface area contributed by atoms with Crippen molar-refractivity contribution in [3.63, 3.8) is 0 Å².